The molecule has 6 nitrogen and oxygen atoms in total. The summed E-state index contributed by atoms with van der Waals surface area (Å²) in [6.07, 6.45) is 2.50. The molecule has 0 aliphatic carbocycles. The van der Waals surface area contributed by atoms with Crippen LogP contribution in [0.1, 0.15) is 34.0 Å². The molecule has 0 aliphatic rings. The number of amides is 3. The second kappa shape index (κ2) is 15.5. The molecule has 0 bridgehead atoms. The van der Waals surface area contributed by atoms with Gasteiger partial charge in [-0.3, -0.25) is 14.4 Å². The zero-order valence-electron chi connectivity index (χ0n) is 25.7. The molecule has 3 amide bonds. The van der Waals surface area contributed by atoms with Crippen LogP contribution in [0.15, 0.2) is 138 Å². The predicted octanol–water partition coefficient (Wildman–Crippen LogP) is 8.36. The van der Waals surface area contributed by atoms with Crippen LogP contribution in [0.5, 0.6) is 0 Å². The van der Waals surface area contributed by atoms with Gasteiger partial charge in [-0.15, -0.1) is 11.8 Å². The highest BCUT2D eigenvalue weighted by molar-refractivity contribution is 8.00. The van der Waals surface area contributed by atoms with Gasteiger partial charge in [0.25, 0.3) is 11.8 Å². The smallest absolute Gasteiger partial charge is 0.272 e. The van der Waals surface area contributed by atoms with E-state index in [-0.39, 0.29) is 23.3 Å². The molecule has 0 atom stereocenters. The molecule has 230 valence electrons. The van der Waals surface area contributed by atoms with E-state index in [9.17, 15) is 14.4 Å². The Morgan fingerprint density at radius 3 is 2.02 bits per heavy atom. The third kappa shape index (κ3) is 8.61. The van der Waals surface area contributed by atoms with E-state index < -0.39 is 5.91 Å². The fraction of sp³-hybridized carbons (Fsp3) is 0.103. The summed E-state index contributed by atoms with van der Waals surface area (Å²) in [4.78, 5) is 40.1. The number of hydrogen-bond donors (Lipinski definition) is 3. The average molecular weight is 626 g/mol. The molecule has 0 aromatic heterocycles. The first kappa shape index (κ1) is 32.0. The lowest BCUT2D eigenvalue weighted by Crippen LogP contribution is -2.30. The Hall–Kier alpha value is -5.40. The summed E-state index contributed by atoms with van der Waals surface area (Å²) in [5, 5.41) is 8.73. The fourth-order valence-electron chi connectivity index (χ4n) is 4.87. The molecule has 0 radical (unpaired) electrons. The molecule has 0 saturated carbocycles. The van der Waals surface area contributed by atoms with E-state index in [0.717, 1.165) is 44.8 Å². The zero-order valence-corrected chi connectivity index (χ0v) is 26.6. The molecule has 0 unspecified atom stereocenters. The van der Waals surface area contributed by atoms with Crippen molar-refractivity contribution in [2.24, 2.45) is 0 Å². The SMILES string of the molecule is CCc1cccc(C)c1NC(=O)CSc1ccc(NC(=O)/C(=C/c2ccc(-c3ccccc3)cc2)NC(=O)c2ccccc2)cc1. The number of rotatable bonds is 11. The molecule has 7 heteroatoms. The Bertz CT molecular complexity index is 1840. The second-order valence-electron chi connectivity index (χ2n) is 10.6. The van der Waals surface area contributed by atoms with Crippen LogP contribution in [0.4, 0.5) is 11.4 Å². The van der Waals surface area contributed by atoms with Crippen molar-refractivity contribution in [3.8, 4) is 11.1 Å². The monoisotopic (exact) mass is 625 g/mol. The highest BCUT2D eigenvalue weighted by Gasteiger charge is 2.16. The average Bonchev–Trinajstić information content (AvgIpc) is 3.09. The highest BCUT2D eigenvalue weighted by atomic mass is 32.2. The van der Waals surface area contributed by atoms with Crippen molar-refractivity contribution in [1.29, 1.82) is 0 Å². The number of nitrogens with one attached hydrogen (secondary N) is 3. The second-order valence-corrected chi connectivity index (χ2v) is 11.7. The maximum absolute atomic E-state index is 13.5. The van der Waals surface area contributed by atoms with E-state index in [0.29, 0.717) is 11.3 Å². The molecule has 0 heterocycles. The van der Waals surface area contributed by atoms with Crippen LogP contribution in [0.25, 0.3) is 17.2 Å². The highest BCUT2D eigenvalue weighted by Crippen LogP contribution is 2.24. The van der Waals surface area contributed by atoms with Gasteiger partial charge in [0.05, 0.1) is 5.75 Å². The van der Waals surface area contributed by atoms with Crippen molar-refractivity contribution >= 4 is 46.9 Å². The van der Waals surface area contributed by atoms with Gasteiger partial charge in [0.15, 0.2) is 0 Å². The maximum atomic E-state index is 13.5. The summed E-state index contributed by atoms with van der Waals surface area (Å²) >= 11 is 1.42. The first-order valence-corrected chi connectivity index (χ1v) is 16.0. The molecule has 0 saturated heterocycles. The molecule has 0 fully saturated rings. The Kier molecular flexibility index (Phi) is 10.8. The summed E-state index contributed by atoms with van der Waals surface area (Å²) in [5.74, 6) is -0.664. The Labute approximate surface area is 274 Å². The van der Waals surface area contributed by atoms with Crippen LogP contribution in [-0.4, -0.2) is 23.5 Å². The minimum Gasteiger partial charge on any atom is -0.325 e. The van der Waals surface area contributed by atoms with Crippen molar-refractivity contribution in [3.05, 3.63) is 155 Å². The molecule has 5 aromatic rings. The van der Waals surface area contributed by atoms with Crippen LogP contribution in [0, 0.1) is 6.92 Å². The van der Waals surface area contributed by atoms with Gasteiger partial charge in [0.2, 0.25) is 5.91 Å². The third-order valence-corrected chi connectivity index (χ3v) is 8.36. The summed E-state index contributed by atoms with van der Waals surface area (Å²) < 4.78 is 0. The van der Waals surface area contributed by atoms with Crippen molar-refractivity contribution < 1.29 is 14.4 Å². The maximum Gasteiger partial charge on any atom is 0.272 e. The standard InChI is InChI=1S/C39H35N3O3S/c1-3-29-16-10-11-27(2)37(29)42-36(43)26-46-34-23-21-33(22-24-34)40-39(45)35(41-38(44)32-14-8-5-9-15-32)25-28-17-19-31(20-18-28)30-12-6-4-7-13-30/h4-25H,3,26H2,1-2H3,(H,40,45)(H,41,44)(H,42,43)/b35-25-. The Balaban J connectivity index is 1.26. The van der Waals surface area contributed by atoms with Crippen LogP contribution in [-0.2, 0) is 16.0 Å². The van der Waals surface area contributed by atoms with Crippen LogP contribution in [0.2, 0.25) is 0 Å². The number of hydrogen-bond acceptors (Lipinski definition) is 4. The number of aryl methyl sites for hydroxylation is 2. The number of carbonyl (C=O) groups is 3. The quantitative estimate of drug-likeness (QED) is 0.102. The molecule has 0 spiro atoms. The molecule has 3 N–H and O–H groups in total. The number of benzene rings is 5. The predicted molar refractivity (Wildman–Crippen MR) is 189 cm³/mol. The van der Waals surface area contributed by atoms with Gasteiger partial charge >= 0.3 is 0 Å². The van der Waals surface area contributed by atoms with Gasteiger partial charge < -0.3 is 16.0 Å². The van der Waals surface area contributed by atoms with Crippen LogP contribution >= 0.6 is 11.8 Å². The number of anilines is 2. The lowest BCUT2D eigenvalue weighted by atomic mass is 10.0. The molecule has 5 rings (SSSR count). The first-order chi connectivity index (χ1) is 22.4. The zero-order chi connectivity index (χ0) is 32.3. The Morgan fingerprint density at radius 1 is 0.696 bits per heavy atom. The lowest BCUT2D eigenvalue weighted by Gasteiger charge is -2.13. The largest absolute Gasteiger partial charge is 0.325 e. The van der Waals surface area contributed by atoms with Gasteiger partial charge in [-0.1, -0.05) is 97.9 Å². The van der Waals surface area contributed by atoms with Crippen molar-refractivity contribution in [1.82, 2.24) is 5.32 Å². The van der Waals surface area contributed by atoms with E-state index in [1.54, 1.807) is 42.5 Å². The van der Waals surface area contributed by atoms with Gasteiger partial charge in [-0.25, -0.2) is 0 Å². The topological polar surface area (TPSA) is 87.3 Å². The van der Waals surface area contributed by atoms with Crippen molar-refractivity contribution in [3.63, 3.8) is 0 Å². The van der Waals surface area contributed by atoms with E-state index in [4.69, 9.17) is 0 Å². The molecule has 46 heavy (non-hydrogen) atoms. The van der Waals surface area contributed by atoms with Gasteiger partial charge in [-0.05, 0) is 83.6 Å². The number of para-hydroxylation sites is 1. The van der Waals surface area contributed by atoms with Crippen LogP contribution < -0.4 is 16.0 Å². The molecular weight excluding hydrogens is 591 g/mol. The summed E-state index contributed by atoms with van der Waals surface area (Å²) in [6.45, 7) is 4.06. The summed E-state index contributed by atoms with van der Waals surface area (Å²) in [6, 6.07) is 39.9. The van der Waals surface area contributed by atoms with Gasteiger partial charge in [-0.2, -0.15) is 0 Å². The number of thioether (sulfide) groups is 1. The fourth-order valence-corrected chi connectivity index (χ4v) is 5.57. The van der Waals surface area contributed by atoms with Gasteiger partial charge in [0, 0.05) is 21.8 Å². The summed E-state index contributed by atoms with van der Waals surface area (Å²) in [5.41, 5.74) is 7.04. The third-order valence-electron chi connectivity index (χ3n) is 7.34. The van der Waals surface area contributed by atoms with E-state index in [1.165, 1.54) is 11.8 Å². The minimum atomic E-state index is -0.457. The van der Waals surface area contributed by atoms with E-state index in [1.807, 2.05) is 97.9 Å². The molecule has 0 aliphatic heterocycles. The molecule has 5 aromatic carbocycles. The van der Waals surface area contributed by atoms with Crippen LogP contribution in [0.3, 0.4) is 0 Å². The normalized spacial score (nSPS) is 11.0. The summed E-state index contributed by atoms with van der Waals surface area (Å²) in [7, 11) is 0. The molecular formula is C39H35N3O3S. The lowest BCUT2D eigenvalue weighted by molar-refractivity contribution is -0.114. The van der Waals surface area contributed by atoms with Crippen molar-refractivity contribution in [2.45, 2.75) is 25.2 Å². The Morgan fingerprint density at radius 2 is 1.35 bits per heavy atom. The van der Waals surface area contributed by atoms with Gasteiger partial charge in [0.1, 0.15) is 5.70 Å². The van der Waals surface area contributed by atoms with Crippen molar-refractivity contribution in [2.75, 3.05) is 16.4 Å². The first-order valence-electron chi connectivity index (χ1n) is 15.1. The number of carbonyl (C=O) groups excluding carboxylic acids is 3. The van der Waals surface area contributed by atoms with E-state index in [2.05, 4.69) is 22.9 Å². The minimum absolute atomic E-state index is 0.0767. The van der Waals surface area contributed by atoms with E-state index >= 15 is 0 Å².